The molecule has 0 aliphatic heterocycles. The van der Waals surface area contributed by atoms with E-state index in [-0.39, 0.29) is 11.6 Å². The summed E-state index contributed by atoms with van der Waals surface area (Å²) in [6, 6.07) is 5.03. The van der Waals surface area contributed by atoms with Crippen LogP contribution in [0.5, 0.6) is 5.75 Å². The Labute approximate surface area is 137 Å². The Morgan fingerprint density at radius 3 is 2.82 bits per heavy atom. The summed E-state index contributed by atoms with van der Waals surface area (Å²) in [5.41, 5.74) is 0.885. The lowest BCUT2D eigenvalue weighted by Gasteiger charge is -2.22. The smallest absolute Gasteiger partial charge is 0.193 e. The molecule has 1 N–H and O–H groups in total. The van der Waals surface area contributed by atoms with Crippen molar-refractivity contribution in [1.82, 2.24) is 10.2 Å². The molecule has 0 saturated carbocycles. The highest BCUT2D eigenvalue weighted by molar-refractivity contribution is 7.98. The molecule has 0 fully saturated rings. The van der Waals surface area contributed by atoms with Crippen molar-refractivity contribution >= 4 is 17.7 Å². The lowest BCUT2D eigenvalue weighted by molar-refractivity contribution is 0.385. The van der Waals surface area contributed by atoms with E-state index < -0.39 is 0 Å². The summed E-state index contributed by atoms with van der Waals surface area (Å²) in [7, 11) is 3.42. The van der Waals surface area contributed by atoms with Crippen molar-refractivity contribution in [1.29, 1.82) is 0 Å². The van der Waals surface area contributed by atoms with E-state index in [9.17, 15) is 4.39 Å². The highest BCUT2D eigenvalue weighted by Crippen LogP contribution is 2.18. The van der Waals surface area contributed by atoms with Gasteiger partial charge < -0.3 is 15.0 Å². The van der Waals surface area contributed by atoms with Crippen LogP contribution < -0.4 is 10.1 Å². The fourth-order valence-electron chi connectivity index (χ4n) is 2.02. The number of rotatable bonds is 8. The Morgan fingerprint density at radius 2 is 2.23 bits per heavy atom. The van der Waals surface area contributed by atoms with Crippen LogP contribution in [0.15, 0.2) is 23.2 Å². The number of thioether (sulfide) groups is 1. The number of nitrogens with one attached hydrogen (secondary N) is 1. The first-order valence-corrected chi connectivity index (χ1v) is 8.82. The maximum atomic E-state index is 13.7. The van der Waals surface area contributed by atoms with Gasteiger partial charge in [0.15, 0.2) is 17.5 Å². The Bertz CT molecular complexity index is 482. The van der Waals surface area contributed by atoms with Crippen LogP contribution in [0.1, 0.15) is 18.9 Å². The normalized spacial score (nSPS) is 11.4. The van der Waals surface area contributed by atoms with E-state index in [4.69, 9.17) is 4.74 Å². The Hall–Kier alpha value is -1.43. The summed E-state index contributed by atoms with van der Waals surface area (Å²) in [6.45, 7) is 4.24. The number of aliphatic imine (C=N–C) groups is 1. The molecule has 1 rings (SSSR count). The number of nitrogens with zero attached hydrogens (tertiary/aromatic N) is 2. The molecule has 0 aromatic heterocycles. The maximum Gasteiger partial charge on any atom is 0.193 e. The van der Waals surface area contributed by atoms with E-state index in [1.54, 1.807) is 6.07 Å². The van der Waals surface area contributed by atoms with Gasteiger partial charge in [-0.2, -0.15) is 11.8 Å². The molecule has 0 aliphatic carbocycles. The third-order valence-corrected chi connectivity index (χ3v) is 3.80. The van der Waals surface area contributed by atoms with Crippen molar-refractivity contribution in [3.63, 3.8) is 0 Å². The van der Waals surface area contributed by atoms with Crippen molar-refractivity contribution in [2.24, 2.45) is 4.99 Å². The number of hydrogen-bond acceptors (Lipinski definition) is 3. The third kappa shape index (κ3) is 6.13. The fourth-order valence-corrected chi connectivity index (χ4v) is 2.44. The van der Waals surface area contributed by atoms with Crippen LogP contribution in [0.4, 0.5) is 4.39 Å². The first kappa shape index (κ1) is 18.6. The molecular formula is C16H26FN3OS. The van der Waals surface area contributed by atoms with Crippen LogP contribution in [-0.2, 0) is 6.54 Å². The molecule has 0 saturated heterocycles. The van der Waals surface area contributed by atoms with E-state index in [0.29, 0.717) is 6.54 Å². The summed E-state index contributed by atoms with van der Waals surface area (Å²) < 4.78 is 18.7. The van der Waals surface area contributed by atoms with Crippen LogP contribution in [0, 0.1) is 5.82 Å². The van der Waals surface area contributed by atoms with Crippen molar-refractivity contribution in [3.8, 4) is 5.75 Å². The monoisotopic (exact) mass is 327 g/mol. The van der Waals surface area contributed by atoms with E-state index in [0.717, 1.165) is 36.8 Å². The van der Waals surface area contributed by atoms with E-state index >= 15 is 0 Å². The Morgan fingerprint density at radius 1 is 1.45 bits per heavy atom. The van der Waals surface area contributed by atoms with Gasteiger partial charge in [-0.25, -0.2) is 4.39 Å². The molecule has 124 valence electrons. The molecule has 0 atom stereocenters. The van der Waals surface area contributed by atoms with Gasteiger partial charge in [0, 0.05) is 26.7 Å². The lowest BCUT2D eigenvalue weighted by Crippen LogP contribution is -2.38. The highest BCUT2D eigenvalue weighted by Gasteiger charge is 2.09. The minimum Gasteiger partial charge on any atom is -0.494 e. The first-order chi connectivity index (χ1) is 10.6. The van der Waals surface area contributed by atoms with Crippen molar-refractivity contribution in [3.05, 3.63) is 29.6 Å². The SMILES string of the molecule is CCNC(=NCCCSC)N(C)Cc1ccc(OC)c(F)c1. The summed E-state index contributed by atoms with van der Waals surface area (Å²) in [4.78, 5) is 6.61. The predicted octanol–water partition coefficient (Wildman–Crippen LogP) is 2.98. The third-order valence-electron chi connectivity index (χ3n) is 3.10. The average Bonchev–Trinajstić information content (AvgIpc) is 2.50. The zero-order chi connectivity index (χ0) is 16.4. The maximum absolute atomic E-state index is 13.7. The van der Waals surface area contributed by atoms with Crippen molar-refractivity contribution in [2.75, 3.05) is 39.3 Å². The standard InChI is InChI=1S/C16H26FN3OS/c1-5-18-16(19-9-6-10-22-4)20(2)12-13-7-8-15(21-3)14(17)11-13/h7-8,11H,5-6,9-10,12H2,1-4H3,(H,18,19). The number of ether oxygens (including phenoxy) is 1. The molecule has 6 heteroatoms. The van der Waals surface area contributed by atoms with Crippen LogP contribution in [0.25, 0.3) is 0 Å². The largest absolute Gasteiger partial charge is 0.494 e. The molecule has 1 aromatic carbocycles. The van der Waals surface area contributed by atoms with Gasteiger partial charge in [-0.3, -0.25) is 4.99 Å². The van der Waals surface area contributed by atoms with Gasteiger partial charge in [-0.15, -0.1) is 0 Å². The summed E-state index contributed by atoms with van der Waals surface area (Å²) in [5.74, 6) is 1.88. The molecule has 0 spiro atoms. The van der Waals surface area contributed by atoms with Gasteiger partial charge in [-0.1, -0.05) is 6.07 Å². The number of guanidine groups is 1. The zero-order valence-corrected chi connectivity index (χ0v) is 14.7. The Balaban J connectivity index is 2.69. The first-order valence-electron chi connectivity index (χ1n) is 7.43. The minimum atomic E-state index is -0.338. The summed E-state index contributed by atoms with van der Waals surface area (Å²) in [6.07, 6.45) is 3.15. The van der Waals surface area contributed by atoms with Crippen LogP contribution in [0.2, 0.25) is 0 Å². The molecule has 22 heavy (non-hydrogen) atoms. The van der Waals surface area contributed by atoms with Crippen molar-refractivity contribution < 1.29 is 9.13 Å². The molecule has 0 unspecified atom stereocenters. The highest BCUT2D eigenvalue weighted by atomic mass is 32.2. The lowest BCUT2D eigenvalue weighted by atomic mass is 10.2. The van der Waals surface area contributed by atoms with E-state index in [2.05, 4.69) is 16.6 Å². The molecule has 0 aliphatic rings. The number of halogens is 1. The second-order valence-corrected chi connectivity index (χ2v) is 5.89. The number of hydrogen-bond donors (Lipinski definition) is 1. The van der Waals surface area contributed by atoms with Gasteiger partial charge in [-0.05, 0) is 43.0 Å². The molecule has 4 nitrogen and oxygen atoms in total. The topological polar surface area (TPSA) is 36.9 Å². The average molecular weight is 327 g/mol. The molecule has 0 radical (unpaired) electrons. The zero-order valence-electron chi connectivity index (χ0n) is 13.9. The van der Waals surface area contributed by atoms with Gasteiger partial charge >= 0.3 is 0 Å². The van der Waals surface area contributed by atoms with Gasteiger partial charge in [0.25, 0.3) is 0 Å². The minimum absolute atomic E-state index is 0.268. The summed E-state index contributed by atoms with van der Waals surface area (Å²) in [5, 5.41) is 3.27. The molecule has 0 amide bonds. The second-order valence-electron chi connectivity index (χ2n) is 4.91. The molecule has 0 bridgehead atoms. The quantitative estimate of drug-likeness (QED) is 0.452. The summed E-state index contributed by atoms with van der Waals surface area (Å²) >= 11 is 1.83. The van der Waals surface area contributed by atoms with Crippen LogP contribution in [0.3, 0.4) is 0 Å². The Kier molecular flexibility index (Phi) is 8.74. The second kappa shape index (κ2) is 10.3. The van der Waals surface area contributed by atoms with Gasteiger partial charge in [0.05, 0.1) is 7.11 Å². The molecular weight excluding hydrogens is 301 g/mol. The van der Waals surface area contributed by atoms with E-state index in [1.807, 2.05) is 36.7 Å². The molecule has 1 aromatic rings. The van der Waals surface area contributed by atoms with Crippen LogP contribution >= 0.6 is 11.8 Å². The molecule has 0 heterocycles. The predicted molar refractivity (Wildman–Crippen MR) is 93.4 cm³/mol. The van der Waals surface area contributed by atoms with Gasteiger partial charge in [0.2, 0.25) is 0 Å². The van der Waals surface area contributed by atoms with Gasteiger partial charge in [0.1, 0.15) is 0 Å². The van der Waals surface area contributed by atoms with Crippen LogP contribution in [-0.4, -0.2) is 50.1 Å². The number of methoxy groups -OCH3 is 1. The number of benzene rings is 1. The van der Waals surface area contributed by atoms with E-state index in [1.165, 1.54) is 13.2 Å². The fraction of sp³-hybridized carbons (Fsp3) is 0.562. The van der Waals surface area contributed by atoms with Crippen molar-refractivity contribution in [2.45, 2.75) is 19.9 Å².